The molecule has 1 amide bonds. The first kappa shape index (κ1) is 18.5. The van der Waals surface area contributed by atoms with Gasteiger partial charge in [0.15, 0.2) is 0 Å². The zero-order valence-electron chi connectivity index (χ0n) is 16.3. The van der Waals surface area contributed by atoms with E-state index in [0.29, 0.717) is 6.54 Å². The van der Waals surface area contributed by atoms with Crippen molar-refractivity contribution in [1.82, 2.24) is 19.7 Å². The second kappa shape index (κ2) is 8.08. The topological polar surface area (TPSA) is 51.0 Å². The van der Waals surface area contributed by atoms with Gasteiger partial charge in [0.2, 0.25) is 5.91 Å². The number of thiophene rings is 1. The fourth-order valence-corrected chi connectivity index (χ4v) is 4.54. The lowest BCUT2D eigenvalue weighted by Gasteiger charge is -2.25. The highest BCUT2D eigenvalue weighted by atomic mass is 32.1. The van der Waals surface area contributed by atoms with Crippen molar-refractivity contribution in [3.05, 3.63) is 94.6 Å². The maximum atomic E-state index is 12.8. The number of amides is 1. The van der Waals surface area contributed by atoms with Crippen molar-refractivity contribution in [3.63, 3.8) is 0 Å². The number of nitrogens with zero attached hydrogens (tertiary/aromatic N) is 4. The standard InChI is InChI=1S/C24H20N4OS/c29-23(27-13-10-22-19(16-27)11-14-30-22)9-8-20-17-28(21-6-2-1-3-7-21)26-24(20)18-5-4-12-25-15-18/h1-9,11-12,14-15,17H,10,13,16H2/b9-8+. The Kier molecular flexibility index (Phi) is 4.99. The van der Waals surface area contributed by atoms with Crippen molar-refractivity contribution in [2.75, 3.05) is 6.54 Å². The summed E-state index contributed by atoms with van der Waals surface area (Å²) in [6, 6.07) is 15.9. The van der Waals surface area contributed by atoms with Gasteiger partial charge in [-0.05, 0) is 53.8 Å². The molecule has 0 bridgehead atoms. The van der Waals surface area contributed by atoms with Crippen molar-refractivity contribution >= 4 is 23.3 Å². The van der Waals surface area contributed by atoms with Crippen molar-refractivity contribution in [2.24, 2.45) is 0 Å². The first-order valence-electron chi connectivity index (χ1n) is 9.85. The molecule has 3 aromatic heterocycles. The molecule has 30 heavy (non-hydrogen) atoms. The van der Waals surface area contributed by atoms with Crippen LogP contribution in [0.1, 0.15) is 16.0 Å². The first-order valence-corrected chi connectivity index (χ1v) is 10.7. The van der Waals surface area contributed by atoms with Crippen molar-refractivity contribution < 1.29 is 4.79 Å². The van der Waals surface area contributed by atoms with E-state index in [9.17, 15) is 4.79 Å². The van der Waals surface area contributed by atoms with Crippen LogP contribution >= 0.6 is 11.3 Å². The van der Waals surface area contributed by atoms with Gasteiger partial charge in [0.25, 0.3) is 0 Å². The summed E-state index contributed by atoms with van der Waals surface area (Å²) in [5.74, 6) is 0.0245. The number of para-hydroxylation sites is 1. The molecule has 0 unspecified atom stereocenters. The molecule has 4 aromatic rings. The molecule has 0 fully saturated rings. The number of carbonyl (C=O) groups excluding carboxylic acids is 1. The molecule has 5 rings (SSSR count). The zero-order valence-corrected chi connectivity index (χ0v) is 17.1. The van der Waals surface area contributed by atoms with Crippen LogP contribution in [-0.4, -0.2) is 32.1 Å². The molecule has 1 aromatic carbocycles. The minimum Gasteiger partial charge on any atom is -0.334 e. The molecule has 0 spiro atoms. The van der Waals surface area contributed by atoms with Gasteiger partial charge in [-0.2, -0.15) is 5.10 Å². The molecule has 4 heterocycles. The highest BCUT2D eigenvalue weighted by molar-refractivity contribution is 7.10. The van der Waals surface area contributed by atoms with Gasteiger partial charge in [-0.3, -0.25) is 9.78 Å². The van der Waals surface area contributed by atoms with E-state index >= 15 is 0 Å². The molecule has 0 N–H and O–H groups in total. The summed E-state index contributed by atoms with van der Waals surface area (Å²) in [6.45, 7) is 1.44. The summed E-state index contributed by atoms with van der Waals surface area (Å²) in [5, 5.41) is 6.87. The van der Waals surface area contributed by atoms with Gasteiger partial charge in [0, 0.05) is 53.8 Å². The molecule has 0 aliphatic carbocycles. The average Bonchev–Trinajstić information content (AvgIpc) is 3.45. The van der Waals surface area contributed by atoms with Crippen LogP contribution in [-0.2, 0) is 17.8 Å². The molecule has 148 valence electrons. The van der Waals surface area contributed by atoms with Crippen molar-refractivity contribution in [3.8, 4) is 16.9 Å². The highest BCUT2D eigenvalue weighted by Crippen LogP contribution is 2.26. The second-order valence-corrected chi connectivity index (χ2v) is 8.17. The van der Waals surface area contributed by atoms with Crippen LogP contribution in [0.3, 0.4) is 0 Å². The molecule has 5 nitrogen and oxygen atoms in total. The fraction of sp³-hybridized carbons (Fsp3) is 0.125. The molecule has 0 radical (unpaired) electrons. The molecule has 1 aliphatic heterocycles. The summed E-state index contributed by atoms with van der Waals surface area (Å²) < 4.78 is 1.84. The second-order valence-electron chi connectivity index (χ2n) is 7.17. The van der Waals surface area contributed by atoms with E-state index in [0.717, 1.165) is 35.5 Å². The first-order chi connectivity index (χ1) is 14.8. The predicted molar refractivity (Wildman–Crippen MR) is 119 cm³/mol. The Morgan fingerprint density at radius 2 is 2.00 bits per heavy atom. The Hall–Kier alpha value is -3.51. The highest BCUT2D eigenvalue weighted by Gasteiger charge is 2.20. The van der Waals surface area contributed by atoms with E-state index < -0.39 is 0 Å². The number of hydrogen-bond acceptors (Lipinski definition) is 4. The Balaban J connectivity index is 1.44. The lowest BCUT2D eigenvalue weighted by molar-refractivity contribution is -0.126. The number of rotatable bonds is 4. The van der Waals surface area contributed by atoms with Gasteiger partial charge in [0.05, 0.1) is 5.69 Å². The van der Waals surface area contributed by atoms with Crippen LogP contribution in [0, 0.1) is 0 Å². The molecule has 0 saturated carbocycles. The number of aromatic nitrogens is 3. The van der Waals surface area contributed by atoms with Crippen LogP contribution in [0.5, 0.6) is 0 Å². The summed E-state index contributed by atoms with van der Waals surface area (Å²) in [6.07, 6.45) is 9.93. The lowest BCUT2D eigenvalue weighted by Crippen LogP contribution is -2.34. The summed E-state index contributed by atoms with van der Waals surface area (Å²) in [7, 11) is 0. The quantitative estimate of drug-likeness (QED) is 0.461. The van der Waals surface area contributed by atoms with Gasteiger partial charge >= 0.3 is 0 Å². The molecule has 6 heteroatoms. The number of pyridine rings is 1. The smallest absolute Gasteiger partial charge is 0.246 e. The van der Waals surface area contributed by atoms with Gasteiger partial charge in [-0.25, -0.2) is 4.68 Å². The Morgan fingerprint density at radius 3 is 2.83 bits per heavy atom. The third kappa shape index (κ3) is 3.69. The molecule has 1 aliphatic rings. The summed E-state index contributed by atoms with van der Waals surface area (Å²) >= 11 is 1.78. The van der Waals surface area contributed by atoms with Gasteiger partial charge in [-0.1, -0.05) is 18.2 Å². The summed E-state index contributed by atoms with van der Waals surface area (Å²) in [5.41, 5.74) is 4.83. The van der Waals surface area contributed by atoms with Crippen LogP contribution in [0.25, 0.3) is 23.0 Å². The van der Waals surface area contributed by atoms with Crippen LogP contribution in [0.2, 0.25) is 0 Å². The zero-order chi connectivity index (χ0) is 20.3. The van der Waals surface area contributed by atoms with E-state index in [2.05, 4.69) is 16.4 Å². The van der Waals surface area contributed by atoms with E-state index in [1.54, 1.807) is 29.8 Å². The normalized spacial score (nSPS) is 13.5. The Morgan fingerprint density at radius 1 is 1.10 bits per heavy atom. The maximum Gasteiger partial charge on any atom is 0.246 e. The van der Waals surface area contributed by atoms with E-state index in [-0.39, 0.29) is 5.91 Å². The van der Waals surface area contributed by atoms with Crippen LogP contribution < -0.4 is 0 Å². The number of fused-ring (bicyclic) bond motifs is 1. The minimum atomic E-state index is 0.0245. The number of carbonyl (C=O) groups is 1. The lowest BCUT2D eigenvalue weighted by atomic mass is 10.1. The van der Waals surface area contributed by atoms with E-state index in [1.807, 2.05) is 64.3 Å². The average molecular weight is 413 g/mol. The third-order valence-corrected chi connectivity index (χ3v) is 6.25. The van der Waals surface area contributed by atoms with Crippen LogP contribution in [0.15, 0.2) is 78.6 Å². The van der Waals surface area contributed by atoms with Crippen LogP contribution in [0.4, 0.5) is 0 Å². The monoisotopic (exact) mass is 412 g/mol. The molecular formula is C24H20N4OS. The van der Waals surface area contributed by atoms with Gasteiger partial charge in [-0.15, -0.1) is 11.3 Å². The SMILES string of the molecule is O=C(/C=C/c1cn(-c2ccccc2)nc1-c1cccnc1)N1CCc2sccc2C1. The van der Waals surface area contributed by atoms with Gasteiger partial charge < -0.3 is 4.90 Å². The molecule has 0 atom stereocenters. The van der Waals surface area contributed by atoms with E-state index in [4.69, 9.17) is 5.10 Å². The number of benzene rings is 1. The minimum absolute atomic E-state index is 0.0245. The predicted octanol–water partition coefficient (Wildman–Crippen LogP) is 4.59. The largest absolute Gasteiger partial charge is 0.334 e. The Labute approximate surface area is 178 Å². The van der Waals surface area contributed by atoms with Crippen molar-refractivity contribution in [2.45, 2.75) is 13.0 Å². The number of hydrogen-bond donors (Lipinski definition) is 0. The third-order valence-electron chi connectivity index (χ3n) is 5.22. The maximum absolute atomic E-state index is 12.8. The fourth-order valence-electron chi connectivity index (χ4n) is 3.65. The molecular weight excluding hydrogens is 392 g/mol. The van der Waals surface area contributed by atoms with Crippen molar-refractivity contribution in [1.29, 1.82) is 0 Å². The molecule has 0 saturated heterocycles. The Bertz CT molecular complexity index is 1190. The van der Waals surface area contributed by atoms with E-state index in [1.165, 1.54) is 10.4 Å². The van der Waals surface area contributed by atoms with Gasteiger partial charge in [0.1, 0.15) is 5.69 Å². The summed E-state index contributed by atoms with van der Waals surface area (Å²) in [4.78, 5) is 20.3.